The van der Waals surface area contributed by atoms with Gasteiger partial charge in [0, 0.05) is 21.9 Å². The van der Waals surface area contributed by atoms with Gasteiger partial charge >= 0.3 is 0 Å². The van der Waals surface area contributed by atoms with Crippen molar-refractivity contribution in [3.8, 4) is 6.07 Å². The summed E-state index contributed by atoms with van der Waals surface area (Å²) in [7, 11) is 0. The number of amides is 1. The normalized spacial score (nSPS) is 11.6. The number of carbonyl (C=O) groups is 1. The smallest absolute Gasteiger partial charge is 0.263 e. The zero-order chi connectivity index (χ0) is 14.5. The fraction of sp³-hybridized carbons (Fsp3) is 0.286. The molecule has 1 rings (SSSR count). The van der Waals surface area contributed by atoms with Crippen LogP contribution in [0.1, 0.15) is 20.8 Å². The minimum absolute atomic E-state index is 0.0397. The summed E-state index contributed by atoms with van der Waals surface area (Å²) in [5.41, 5.74) is 0.474. The number of nitrogens with one attached hydrogen (secondary N) is 2. The van der Waals surface area contributed by atoms with Gasteiger partial charge in [0.2, 0.25) is 0 Å². The highest BCUT2D eigenvalue weighted by molar-refractivity contribution is 9.10. The van der Waals surface area contributed by atoms with Gasteiger partial charge < -0.3 is 10.6 Å². The molecule has 0 heterocycles. The molecule has 100 valence electrons. The Balaban J connectivity index is 2.75. The zero-order valence-corrected chi connectivity index (χ0v) is 12.7. The van der Waals surface area contributed by atoms with E-state index in [1.807, 2.05) is 51.1 Å². The van der Waals surface area contributed by atoms with Gasteiger partial charge in [0.25, 0.3) is 5.91 Å². The van der Waals surface area contributed by atoms with E-state index in [0.717, 1.165) is 10.2 Å². The SMILES string of the molecule is CC(C)(C)NC(=O)/C(C#N)=C\Nc1ccc(Br)cc1. The molecule has 0 unspecified atom stereocenters. The lowest BCUT2D eigenvalue weighted by Gasteiger charge is -2.20. The molecular formula is C14H16BrN3O. The van der Waals surface area contributed by atoms with Crippen molar-refractivity contribution >= 4 is 27.5 Å². The van der Waals surface area contributed by atoms with Gasteiger partial charge in [-0.2, -0.15) is 5.26 Å². The van der Waals surface area contributed by atoms with Crippen LogP contribution in [0.3, 0.4) is 0 Å². The first kappa shape index (κ1) is 15.3. The summed E-state index contributed by atoms with van der Waals surface area (Å²) in [6.07, 6.45) is 1.41. The van der Waals surface area contributed by atoms with Crippen LogP contribution in [0.2, 0.25) is 0 Å². The summed E-state index contributed by atoms with van der Waals surface area (Å²) < 4.78 is 0.966. The minimum Gasteiger partial charge on any atom is -0.360 e. The molecule has 1 aromatic rings. The van der Waals surface area contributed by atoms with Gasteiger partial charge in [0.1, 0.15) is 11.6 Å². The average molecular weight is 322 g/mol. The lowest BCUT2D eigenvalue weighted by Crippen LogP contribution is -2.41. The predicted molar refractivity (Wildman–Crippen MR) is 79.4 cm³/mol. The Kier molecular flexibility index (Phi) is 5.13. The van der Waals surface area contributed by atoms with E-state index >= 15 is 0 Å². The number of nitrogens with zero attached hydrogens (tertiary/aromatic N) is 1. The van der Waals surface area contributed by atoms with E-state index in [0.29, 0.717) is 0 Å². The van der Waals surface area contributed by atoms with Crippen LogP contribution in [0.15, 0.2) is 40.5 Å². The molecular weight excluding hydrogens is 306 g/mol. The molecule has 0 aliphatic rings. The maximum atomic E-state index is 11.8. The van der Waals surface area contributed by atoms with Crippen molar-refractivity contribution in [2.45, 2.75) is 26.3 Å². The molecule has 0 aromatic heterocycles. The van der Waals surface area contributed by atoms with Gasteiger partial charge in [-0.15, -0.1) is 0 Å². The number of benzene rings is 1. The Bertz CT molecular complexity index is 521. The van der Waals surface area contributed by atoms with Crippen LogP contribution in [-0.4, -0.2) is 11.4 Å². The fourth-order valence-electron chi connectivity index (χ4n) is 1.26. The summed E-state index contributed by atoms with van der Waals surface area (Å²) >= 11 is 3.34. The Morgan fingerprint density at radius 2 is 1.89 bits per heavy atom. The van der Waals surface area contributed by atoms with Gasteiger partial charge in [-0.3, -0.25) is 4.79 Å². The van der Waals surface area contributed by atoms with Crippen LogP contribution in [0.4, 0.5) is 5.69 Å². The van der Waals surface area contributed by atoms with Crippen molar-refractivity contribution in [2.75, 3.05) is 5.32 Å². The van der Waals surface area contributed by atoms with E-state index in [4.69, 9.17) is 5.26 Å². The summed E-state index contributed by atoms with van der Waals surface area (Å²) in [5, 5.41) is 14.7. The van der Waals surface area contributed by atoms with Crippen LogP contribution < -0.4 is 10.6 Å². The number of rotatable bonds is 3. The van der Waals surface area contributed by atoms with Crippen molar-refractivity contribution in [3.63, 3.8) is 0 Å². The summed E-state index contributed by atoms with van der Waals surface area (Å²) in [6.45, 7) is 5.59. The molecule has 0 spiro atoms. The first-order valence-electron chi connectivity index (χ1n) is 5.77. The minimum atomic E-state index is -0.389. The second kappa shape index (κ2) is 6.39. The molecule has 0 saturated heterocycles. The number of nitriles is 1. The molecule has 0 bridgehead atoms. The van der Waals surface area contributed by atoms with Crippen LogP contribution >= 0.6 is 15.9 Å². The highest BCUT2D eigenvalue weighted by atomic mass is 79.9. The third kappa shape index (κ3) is 5.58. The van der Waals surface area contributed by atoms with E-state index in [9.17, 15) is 4.79 Å². The quantitative estimate of drug-likeness (QED) is 0.663. The maximum absolute atomic E-state index is 11.8. The van der Waals surface area contributed by atoms with Crippen molar-refractivity contribution in [2.24, 2.45) is 0 Å². The largest absolute Gasteiger partial charge is 0.360 e. The van der Waals surface area contributed by atoms with Crippen molar-refractivity contribution in [1.82, 2.24) is 5.32 Å². The third-order valence-electron chi connectivity index (χ3n) is 2.08. The van der Waals surface area contributed by atoms with Crippen molar-refractivity contribution in [1.29, 1.82) is 5.26 Å². The topological polar surface area (TPSA) is 64.9 Å². The summed E-state index contributed by atoms with van der Waals surface area (Å²) in [5.74, 6) is -0.389. The number of halogens is 1. The Morgan fingerprint density at radius 3 is 2.37 bits per heavy atom. The highest BCUT2D eigenvalue weighted by Gasteiger charge is 2.16. The molecule has 0 aliphatic carbocycles. The maximum Gasteiger partial charge on any atom is 0.263 e. The first-order valence-corrected chi connectivity index (χ1v) is 6.56. The number of hydrogen-bond donors (Lipinski definition) is 2. The highest BCUT2D eigenvalue weighted by Crippen LogP contribution is 2.14. The van der Waals surface area contributed by atoms with E-state index < -0.39 is 0 Å². The Hall–Kier alpha value is -1.80. The third-order valence-corrected chi connectivity index (χ3v) is 2.61. The van der Waals surface area contributed by atoms with Crippen LogP contribution in [0.25, 0.3) is 0 Å². The van der Waals surface area contributed by atoms with Gasteiger partial charge in [-0.25, -0.2) is 0 Å². The predicted octanol–water partition coefficient (Wildman–Crippen LogP) is 3.18. The number of hydrogen-bond acceptors (Lipinski definition) is 3. The second-order valence-corrected chi connectivity index (χ2v) is 5.94. The summed E-state index contributed by atoms with van der Waals surface area (Å²) in [4.78, 5) is 11.8. The van der Waals surface area contributed by atoms with E-state index in [-0.39, 0.29) is 17.0 Å². The van der Waals surface area contributed by atoms with Crippen LogP contribution in [-0.2, 0) is 4.79 Å². The van der Waals surface area contributed by atoms with Crippen molar-refractivity contribution in [3.05, 3.63) is 40.5 Å². The van der Waals surface area contributed by atoms with Gasteiger partial charge in [-0.05, 0) is 45.0 Å². The molecule has 0 radical (unpaired) electrons. The van der Waals surface area contributed by atoms with Gasteiger partial charge in [0.05, 0.1) is 0 Å². The van der Waals surface area contributed by atoms with Crippen LogP contribution in [0.5, 0.6) is 0 Å². The monoisotopic (exact) mass is 321 g/mol. The van der Waals surface area contributed by atoms with Gasteiger partial charge in [0.15, 0.2) is 0 Å². The molecule has 0 saturated carbocycles. The van der Waals surface area contributed by atoms with E-state index in [2.05, 4.69) is 26.6 Å². The Morgan fingerprint density at radius 1 is 1.32 bits per heavy atom. The average Bonchev–Trinajstić information content (AvgIpc) is 2.30. The van der Waals surface area contributed by atoms with E-state index in [1.165, 1.54) is 6.20 Å². The standard InChI is InChI=1S/C14H16BrN3O/c1-14(2,3)18-13(19)10(8-16)9-17-12-6-4-11(15)5-7-12/h4-7,9,17H,1-3H3,(H,18,19)/b10-9-. The molecule has 0 atom stereocenters. The van der Waals surface area contributed by atoms with Crippen LogP contribution in [0, 0.1) is 11.3 Å². The van der Waals surface area contributed by atoms with Crippen molar-refractivity contribution < 1.29 is 4.79 Å². The molecule has 1 aromatic carbocycles. The molecule has 1 amide bonds. The lowest BCUT2D eigenvalue weighted by atomic mass is 10.1. The van der Waals surface area contributed by atoms with E-state index in [1.54, 1.807) is 0 Å². The number of carbonyl (C=O) groups excluding carboxylic acids is 1. The molecule has 19 heavy (non-hydrogen) atoms. The Labute approximate surface area is 121 Å². The molecule has 4 nitrogen and oxygen atoms in total. The number of anilines is 1. The fourth-order valence-corrected chi connectivity index (χ4v) is 1.52. The second-order valence-electron chi connectivity index (χ2n) is 5.03. The molecule has 0 fully saturated rings. The molecule has 5 heteroatoms. The molecule has 2 N–H and O–H groups in total. The zero-order valence-electron chi connectivity index (χ0n) is 11.1. The molecule has 0 aliphatic heterocycles. The first-order chi connectivity index (χ1) is 8.81. The lowest BCUT2D eigenvalue weighted by molar-refractivity contribution is -0.118. The summed E-state index contributed by atoms with van der Waals surface area (Å²) in [6, 6.07) is 9.32. The van der Waals surface area contributed by atoms with Gasteiger partial charge in [-0.1, -0.05) is 15.9 Å².